The number of morpholine rings is 1. The minimum atomic E-state index is -4.08. The Balaban J connectivity index is 1.47. The van der Waals surface area contributed by atoms with E-state index in [2.05, 4.69) is 4.98 Å². The lowest BCUT2D eigenvalue weighted by atomic mass is 10.2. The minimum Gasteiger partial charge on any atom is -0.456 e. The average Bonchev–Trinajstić information content (AvgIpc) is 3.45. The number of nitrogens with zero attached hydrogens (tertiary/aromatic N) is 2. The molecule has 0 unspecified atom stereocenters. The van der Waals surface area contributed by atoms with Gasteiger partial charge in [0.15, 0.2) is 0 Å². The van der Waals surface area contributed by atoms with E-state index in [1.807, 2.05) is 17.5 Å². The van der Waals surface area contributed by atoms with E-state index in [1.54, 1.807) is 16.7 Å². The number of thiophene rings is 1. The Morgan fingerprint density at radius 1 is 1.23 bits per heavy atom. The molecule has 11 heteroatoms. The first-order valence-corrected chi connectivity index (χ1v) is 12.2. The number of benzene rings is 1. The number of rotatable bonds is 6. The monoisotopic (exact) mass is 468 g/mol. The van der Waals surface area contributed by atoms with Crippen LogP contribution in [0.5, 0.6) is 0 Å². The van der Waals surface area contributed by atoms with Gasteiger partial charge in [0.05, 0.1) is 29.3 Å². The maximum atomic E-state index is 14.3. The van der Waals surface area contributed by atoms with Crippen LogP contribution >= 0.6 is 22.7 Å². The van der Waals surface area contributed by atoms with Crippen molar-refractivity contribution in [3.63, 3.8) is 0 Å². The molecular weight excluding hydrogens is 451 g/mol. The number of hydrogen-bond acceptors (Lipinski definition) is 8. The summed E-state index contributed by atoms with van der Waals surface area (Å²) in [6, 6.07) is 7.06. The lowest BCUT2D eigenvalue weighted by Crippen LogP contribution is -2.41. The van der Waals surface area contributed by atoms with Gasteiger partial charge in [-0.05, 0) is 29.6 Å². The van der Waals surface area contributed by atoms with Crippen molar-refractivity contribution in [2.75, 3.05) is 26.3 Å². The SMILES string of the molecule is O=C(OCc1csc(-c2cccs2)n1)c1ccc(F)c(S(=O)(=O)N2CCOCC2)c1. The molecule has 158 valence electrons. The molecule has 1 aliphatic heterocycles. The molecule has 0 aliphatic carbocycles. The van der Waals surface area contributed by atoms with Crippen molar-refractivity contribution in [2.45, 2.75) is 11.5 Å². The van der Waals surface area contributed by atoms with Crippen molar-refractivity contribution in [3.05, 3.63) is 58.2 Å². The van der Waals surface area contributed by atoms with Crippen LogP contribution in [-0.2, 0) is 26.1 Å². The molecule has 0 amide bonds. The van der Waals surface area contributed by atoms with Crippen LogP contribution in [0.4, 0.5) is 4.39 Å². The number of aromatic nitrogens is 1. The van der Waals surface area contributed by atoms with Crippen LogP contribution in [0.3, 0.4) is 0 Å². The van der Waals surface area contributed by atoms with E-state index < -0.39 is 26.7 Å². The number of sulfonamides is 1. The van der Waals surface area contributed by atoms with E-state index in [9.17, 15) is 17.6 Å². The topological polar surface area (TPSA) is 85.8 Å². The molecule has 0 saturated carbocycles. The van der Waals surface area contributed by atoms with Crippen molar-refractivity contribution in [3.8, 4) is 9.88 Å². The molecule has 1 aromatic carbocycles. The van der Waals surface area contributed by atoms with Gasteiger partial charge >= 0.3 is 5.97 Å². The lowest BCUT2D eigenvalue weighted by molar-refractivity contribution is 0.0468. The first-order chi connectivity index (χ1) is 14.4. The zero-order valence-corrected chi connectivity index (χ0v) is 18.1. The van der Waals surface area contributed by atoms with Gasteiger partial charge in [0.2, 0.25) is 10.0 Å². The largest absolute Gasteiger partial charge is 0.456 e. The van der Waals surface area contributed by atoms with Crippen molar-refractivity contribution in [1.82, 2.24) is 9.29 Å². The van der Waals surface area contributed by atoms with Gasteiger partial charge in [-0.1, -0.05) is 6.07 Å². The predicted molar refractivity (Wildman–Crippen MR) is 111 cm³/mol. The summed E-state index contributed by atoms with van der Waals surface area (Å²) in [6.45, 7) is 0.677. The second-order valence-corrected chi connectivity index (χ2v) is 10.1. The number of hydrogen-bond donors (Lipinski definition) is 0. The van der Waals surface area contributed by atoms with Crippen LogP contribution in [0, 0.1) is 5.82 Å². The van der Waals surface area contributed by atoms with Crippen LogP contribution in [0.25, 0.3) is 9.88 Å². The van der Waals surface area contributed by atoms with E-state index in [1.165, 1.54) is 17.4 Å². The third-order valence-corrected chi connectivity index (χ3v) is 8.23. The Morgan fingerprint density at radius 3 is 2.77 bits per heavy atom. The van der Waals surface area contributed by atoms with E-state index in [0.29, 0.717) is 5.69 Å². The number of carbonyl (C=O) groups excluding carboxylic acids is 1. The molecule has 0 spiro atoms. The maximum Gasteiger partial charge on any atom is 0.338 e. The number of esters is 1. The highest BCUT2D eigenvalue weighted by molar-refractivity contribution is 7.89. The second-order valence-electron chi connectivity index (χ2n) is 6.36. The van der Waals surface area contributed by atoms with Crippen LogP contribution in [0.2, 0.25) is 0 Å². The summed E-state index contributed by atoms with van der Waals surface area (Å²) in [5.74, 6) is -1.67. The summed E-state index contributed by atoms with van der Waals surface area (Å²) < 4.78 is 51.3. The van der Waals surface area contributed by atoms with Crippen LogP contribution in [0.15, 0.2) is 46.0 Å². The smallest absolute Gasteiger partial charge is 0.338 e. The summed E-state index contributed by atoms with van der Waals surface area (Å²) in [6.07, 6.45) is 0. The molecule has 7 nitrogen and oxygen atoms in total. The van der Waals surface area contributed by atoms with E-state index in [0.717, 1.165) is 26.3 Å². The third kappa shape index (κ3) is 4.44. The highest BCUT2D eigenvalue weighted by Crippen LogP contribution is 2.28. The molecule has 2 aromatic heterocycles. The van der Waals surface area contributed by atoms with Crippen molar-refractivity contribution < 1.29 is 27.1 Å². The summed E-state index contributed by atoms with van der Waals surface area (Å²) in [4.78, 5) is 17.3. The molecule has 3 aromatic rings. The van der Waals surface area contributed by atoms with Gasteiger partial charge in [-0.3, -0.25) is 0 Å². The first-order valence-electron chi connectivity index (χ1n) is 8.98. The number of carbonyl (C=O) groups is 1. The summed E-state index contributed by atoms with van der Waals surface area (Å²) in [5, 5.41) is 4.58. The number of halogens is 1. The molecule has 0 radical (unpaired) electrons. The Kier molecular flexibility index (Phi) is 6.25. The number of thiazole rings is 1. The summed E-state index contributed by atoms with van der Waals surface area (Å²) in [5.41, 5.74) is 0.539. The lowest BCUT2D eigenvalue weighted by Gasteiger charge is -2.26. The normalized spacial score (nSPS) is 15.2. The maximum absolute atomic E-state index is 14.3. The molecule has 30 heavy (non-hydrogen) atoms. The van der Waals surface area contributed by atoms with E-state index in [4.69, 9.17) is 9.47 Å². The molecule has 0 bridgehead atoms. The second kappa shape index (κ2) is 8.90. The molecule has 0 atom stereocenters. The highest BCUT2D eigenvalue weighted by Gasteiger charge is 2.30. The van der Waals surface area contributed by atoms with Gasteiger partial charge in [0.1, 0.15) is 22.3 Å². The van der Waals surface area contributed by atoms with Crippen LogP contribution in [-0.4, -0.2) is 50.0 Å². The average molecular weight is 469 g/mol. The van der Waals surface area contributed by atoms with Crippen molar-refractivity contribution in [1.29, 1.82) is 0 Å². The van der Waals surface area contributed by atoms with Gasteiger partial charge in [-0.15, -0.1) is 22.7 Å². The summed E-state index contributed by atoms with van der Waals surface area (Å²) >= 11 is 3.01. The summed E-state index contributed by atoms with van der Waals surface area (Å²) in [7, 11) is -4.08. The van der Waals surface area contributed by atoms with Crippen LogP contribution < -0.4 is 0 Å². The van der Waals surface area contributed by atoms with Gasteiger partial charge in [-0.25, -0.2) is 22.6 Å². The zero-order chi connectivity index (χ0) is 21.1. The van der Waals surface area contributed by atoms with Crippen LogP contribution in [0.1, 0.15) is 16.1 Å². The van der Waals surface area contributed by atoms with Crippen molar-refractivity contribution in [2.24, 2.45) is 0 Å². The highest BCUT2D eigenvalue weighted by atomic mass is 32.2. The van der Waals surface area contributed by atoms with Gasteiger partial charge in [0, 0.05) is 18.5 Å². The molecule has 3 heterocycles. The fourth-order valence-corrected chi connectivity index (χ4v) is 5.98. The molecule has 1 saturated heterocycles. The first kappa shape index (κ1) is 21.1. The molecular formula is C19H17FN2O5S3. The zero-order valence-electron chi connectivity index (χ0n) is 15.6. The minimum absolute atomic E-state index is 0.0445. The Morgan fingerprint density at radius 2 is 2.03 bits per heavy atom. The van der Waals surface area contributed by atoms with Gasteiger partial charge in [0.25, 0.3) is 0 Å². The molecule has 0 N–H and O–H groups in total. The Labute approximate surface area is 180 Å². The number of ether oxygens (including phenoxy) is 2. The standard InChI is InChI=1S/C19H17FN2O5S3/c20-15-4-3-13(10-17(15)30(24,25)22-5-7-26-8-6-22)19(23)27-11-14-12-29-18(21-14)16-2-1-9-28-16/h1-4,9-10,12H,5-8,11H2. The van der Waals surface area contributed by atoms with E-state index >= 15 is 0 Å². The molecule has 1 fully saturated rings. The van der Waals surface area contributed by atoms with E-state index in [-0.39, 0.29) is 38.5 Å². The molecule has 1 aliphatic rings. The van der Waals surface area contributed by atoms with Crippen molar-refractivity contribution >= 4 is 38.7 Å². The van der Waals surface area contributed by atoms with Gasteiger partial charge in [-0.2, -0.15) is 4.31 Å². The predicted octanol–water partition coefficient (Wildman–Crippen LogP) is 3.39. The molecule has 4 rings (SSSR count). The fourth-order valence-electron chi connectivity index (χ4n) is 2.86. The Bertz CT molecular complexity index is 1140. The fraction of sp³-hybridized carbons (Fsp3) is 0.263. The quantitative estimate of drug-likeness (QED) is 0.516. The third-order valence-electron chi connectivity index (χ3n) is 4.39. The van der Waals surface area contributed by atoms with Gasteiger partial charge < -0.3 is 9.47 Å². The Hall–Kier alpha value is -2.18.